The second-order valence-corrected chi connectivity index (χ2v) is 1.97. The molecule has 0 atom stereocenters. The van der Waals surface area contributed by atoms with Crippen LogP contribution in [-0.4, -0.2) is 29.6 Å². The van der Waals surface area contributed by atoms with Crippen molar-refractivity contribution in [3.8, 4) is 0 Å². The average molecular weight is 135 g/mol. The topological polar surface area (TPSA) is 0 Å². The minimum atomic E-state index is 0. The zero-order chi connectivity index (χ0) is 6.24. The standard InChI is InChI=1S/C8H15.Na.H/c1-3-5-7-8-6-4-2;;/h3,5H,1,4,6-8H2,2H3;;. The van der Waals surface area contributed by atoms with Crippen molar-refractivity contribution in [2.75, 3.05) is 0 Å². The van der Waals surface area contributed by atoms with Crippen LogP contribution in [0.4, 0.5) is 0 Å². The van der Waals surface area contributed by atoms with Crippen LogP contribution in [0.25, 0.3) is 0 Å². The molecule has 0 aromatic rings. The van der Waals surface area contributed by atoms with Crippen LogP contribution in [-0.2, 0) is 0 Å². The summed E-state index contributed by atoms with van der Waals surface area (Å²) in [4.78, 5) is 0. The Balaban J connectivity index is 0. The summed E-state index contributed by atoms with van der Waals surface area (Å²) in [5, 5.41) is 0. The van der Waals surface area contributed by atoms with E-state index in [9.17, 15) is 0 Å². The van der Waals surface area contributed by atoms with Gasteiger partial charge in [-0.1, -0.05) is 31.9 Å². The fraction of sp³-hybridized carbons (Fsp3) is 0.625. The molecule has 0 amide bonds. The van der Waals surface area contributed by atoms with E-state index in [0.717, 1.165) is 0 Å². The first-order valence-electron chi connectivity index (χ1n) is 3.36. The molecule has 0 rings (SSSR count). The molecule has 0 heterocycles. The molecule has 0 fully saturated rings. The van der Waals surface area contributed by atoms with Crippen molar-refractivity contribution < 1.29 is 0 Å². The molecule has 0 N–H and O–H groups in total. The first-order valence-corrected chi connectivity index (χ1v) is 3.36. The van der Waals surface area contributed by atoms with Crippen LogP contribution in [0.2, 0.25) is 0 Å². The van der Waals surface area contributed by atoms with Gasteiger partial charge in [-0.2, -0.15) is 0 Å². The monoisotopic (exact) mass is 135 g/mol. The van der Waals surface area contributed by atoms with Gasteiger partial charge in [-0.25, -0.2) is 0 Å². The fourth-order valence-corrected chi connectivity index (χ4v) is 0.630. The van der Waals surface area contributed by atoms with E-state index in [0.29, 0.717) is 0 Å². The van der Waals surface area contributed by atoms with Crippen molar-refractivity contribution in [3.05, 3.63) is 19.1 Å². The van der Waals surface area contributed by atoms with Gasteiger partial charge < -0.3 is 0 Å². The minimum absolute atomic E-state index is 0. The van der Waals surface area contributed by atoms with Gasteiger partial charge in [0.2, 0.25) is 0 Å². The summed E-state index contributed by atoms with van der Waals surface area (Å²) in [6.07, 6.45) is 9.18. The molecule has 0 aliphatic carbocycles. The molecule has 0 spiro atoms. The van der Waals surface area contributed by atoms with Gasteiger partial charge in [0.1, 0.15) is 0 Å². The van der Waals surface area contributed by atoms with E-state index < -0.39 is 0 Å². The van der Waals surface area contributed by atoms with Crippen molar-refractivity contribution >= 4 is 29.6 Å². The Morgan fingerprint density at radius 1 is 1.33 bits per heavy atom. The zero-order valence-electron chi connectivity index (χ0n) is 5.69. The quantitative estimate of drug-likeness (QED) is 0.410. The van der Waals surface area contributed by atoms with Crippen LogP contribution in [0.1, 0.15) is 32.6 Å². The summed E-state index contributed by atoms with van der Waals surface area (Å²) in [6, 6.07) is 0. The Labute approximate surface area is 81.0 Å². The molecule has 0 bridgehead atoms. The van der Waals surface area contributed by atoms with E-state index in [4.69, 9.17) is 0 Å². The number of rotatable bonds is 4. The molecule has 0 aromatic carbocycles. The van der Waals surface area contributed by atoms with E-state index in [1.54, 1.807) is 0 Å². The summed E-state index contributed by atoms with van der Waals surface area (Å²) in [5.41, 5.74) is 0. The van der Waals surface area contributed by atoms with Crippen molar-refractivity contribution in [2.45, 2.75) is 32.6 Å². The van der Waals surface area contributed by atoms with Gasteiger partial charge in [0.15, 0.2) is 0 Å². The van der Waals surface area contributed by atoms with Crippen molar-refractivity contribution in [2.24, 2.45) is 0 Å². The van der Waals surface area contributed by atoms with E-state index >= 15 is 0 Å². The molecule has 0 saturated carbocycles. The van der Waals surface area contributed by atoms with Crippen LogP contribution in [0.3, 0.4) is 0 Å². The van der Waals surface area contributed by atoms with Gasteiger partial charge in [-0.05, 0) is 19.8 Å². The van der Waals surface area contributed by atoms with E-state index in [-0.39, 0.29) is 29.6 Å². The molecule has 1 heteroatoms. The van der Waals surface area contributed by atoms with Crippen molar-refractivity contribution in [1.29, 1.82) is 0 Å². The molecular weight excluding hydrogens is 119 g/mol. The molecule has 0 nitrogen and oxygen atoms in total. The van der Waals surface area contributed by atoms with E-state index in [1.807, 2.05) is 6.08 Å². The van der Waals surface area contributed by atoms with Crippen LogP contribution < -0.4 is 0 Å². The SMILES string of the molecule is [CH2]C=CCCCCC.[NaH]. The van der Waals surface area contributed by atoms with Crippen LogP contribution in [0, 0.1) is 6.92 Å². The van der Waals surface area contributed by atoms with Gasteiger partial charge in [0.25, 0.3) is 0 Å². The summed E-state index contributed by atoms with van der Waals surface area (Å²) >= 11 is 0. The van der Waals surface area contributed by atoms with Crippen LogP contribution >= 0.6 is 0 Å². The Hall–Kier alpha value is 0.740. The van der Waals surface area contributed by atoms with Gasteiger partial charge >= 0.3 is 29.6 Å². The Kier molecular flexibility index (Phi) is 15.9. The molecule has 0 aliphatic heterocycles. The molecule has 1 radical (unpaired) electrons. The third-order valence-corrected chi connectivity index (χ3v) is 1.14. The van der Waals surface area contributed by atoms with Crippen molar-refractivity contribution in [3.63, 3.8) is 0 Å². The third kappa shape index (κ3) is 12.1. The predicted molar refractivity (Wildman–Crippen MR) is 45.8 cm³/mol. The number of hydrogen-bond donors (Lipinski definition) is 0. The number of hydrogen-bond acceptors (Lipinski definition) is 0. The molecule has 9 heavy (non-hydrogen) atoms. The summed E-state index contributed by atoms with van der Waals surface area (Å²) in [7, 11) is 0. The zero-order valence-corrected chi connectivity index (χ0v) is 5.69. The molecular formula is C8H16Na. The van der Waals surface area contributed by atoms with Gasteiger partial charge in [-0.3, -0.25) is 0 Å². The second-order valence-electron chi connectivity index (χ2n) is 1.97. The average Bonchev–Trinajstić information content (AvgIpc) is 1.81. The van der Waals surface area contributed by atoms with Gasteiger partial charge in [0.05, 0.1) is 0 Å². The summed E-state index contributed by atoms with van der Waals surface area (Å²) in [5.74, 6) is 0. The molecule has 0 unspecified atom stereocenters. The summed E-state index contributed by atoms with van der Waals surface area (Å²) < 4.78 is 0. The predicted octanol–water partition coefficient (Wildman–Crippen LogP) is 2.31. The fourth-order valence-electron chi connectivity index (χ4n) is 0.630. The van der Waals surface area contributed by atoms with E-state index in [2.05, 4.69) is 19.9 Å². The molecule has 0 saturated heterocycles. The number of allylic oxidation sites excluding steroid dienone is 2. The Morgan fingerprint density at radius 2 is 2.00 bits per heavy atom. The van der Waals surface area contributed by atoms with E-state index in [1.165, 1.54) is 25.7 Å². The first-order chi connectivity index (χ1) is 3.91. The van der Waals surface area contributed by atoms with Crippen molar-refractivity contribution in [1.82, 2.24) is 0 Å². The van der Waals surface area contributed by atoms with Gasteiger partial charge in [-0.15, -0.1) is 0 Å². The van der Waals surface area contributed by atoms with Crippen LogP contribution in [0.5, 0.6) is 0 Å². The van der Waals surface area contributed by atoms with Gasteiger partial charge in [0, 0.05) is 0 Å². The maximum absolute atomic E-state index is 3.60. The Bertz CT molecular complexity index is 57.6. The Morgan fingerprint density at radius 3 is 2.44 bits per heavy atom. The summed E-state index contributed by atoms with van der Waals surface area (Å²) in [6.45, 7) is 5.82. The first kappa shape index (κ1) is 12.4. The maximum atomic E-state index is 3.60. The molecule has 49 valence electrons. The molecule has 0 aliphatic rings. The third-order valence-electron chi connectivity index (χ3n) is 1.14. The second kappa shape index (κ2) is 11.5. The number of unbranched alkanes of at least 4 members (excludes halogenated alkanes) is 3. The van der Waals surface area contributed by atoms with Crippen LogP contribution in [0.15, 0.2) is 12.2 Å². The normalized spacial score (nSPS) is 9.56. The molecule has 0 aromatic heterocycles.